The van der Waals surface area contributed by atoms with Crippen molar-refractivity contribution in [2.24, 2.45) is 0 Å². The van der Waals surface area contributed by atoms with Gasteiger partial charge in [-0.15, -0.1) is 0 Å². The predicted octanol–water partition coefficient (Wildman–Crippen LogP) is 3.52. The quantitative estimate of drug-likeness (QED) is 0.899. The van der Waals surface area contributed by atoms with Crippen LogP contribution in [0.4, 0.5) is 0 Å². The second-order valence-corrected chi connectivity index (χ2v) is 6.36. The fourth-order valence-electron chi connectivity index (χ4n) is 3.33. The van der Waals surface area contributed by atoms with E-state index < -0.39 is 0 Å². The first kappa shape index (κ1) is 16.0. The van der Waals surface area contributed by atoms with E-state index in [1.807, 2.05) is 37.2 Å². The number of benzene rings is 1. The smallest absolute Gasteiger partial charge is 0.224 e. The molecule has 0 radical (unpaired) electrons. The molecule has 0 saturated heterocycles. The van der Waals surface area contributed by atoms with E-state index >= 15 is 0 Å². The van der Waals surface area contributed by atoms with E-state index in [1.165, 1.54) is 24.8 Å². The van der Waals surface area contributed by atoms with Crippen LogP contribution in [-0.2, 0) is 4.79 Å². The zero-order valence-corrected chi connectivity index (χ0v) is 13.6. The zero-order valence-electron chi connectivity index (χ0n) is 13.6. The standard InChI is InChI=1S/C18H28N2O/c1-15(16-10-6-4-7-11-16)20(3)17(21)14-18(19-2)12-8-5-9-13-18/h4,6-7,10-11,15,19H,5,8-9,12-14H2,1-3H3. The fraction of sp³-hybridized carbons (Fsp3) is 0.611. The highest BCUT2D eigenvalue weighted by atomic mass is 16.2. The van der Waals surface area contributed by atoms with Gasteiger partial charge < -0.3 is 10.2 Å². The van der Waals surface area contributed by atoms with Gasteiger partial charge in [0, 0.05) is 19.0 Å². The van der Waals surface area contributed by atoms with Gasteiger partial charge in [0.2, 0.25) is 5.91 Å². The van der Waals surface area contributed by atoms with Crippen LogP contribution in [0.2, 0.25) is 0 Å². The lowest BCUT2D eigenvalue weighted by Crippen LogP contribution is -2.48. The van der Waals surface area contributed by atoms with Crippen LogP contribution in [0.3, 0.4) is 0 Å². The predicted molar refractivity (Wildman–Crippen MR) is 87.1 cm³/mol. The van der Waals surface area contributed by atoms with Crippen LogP contribution < -0.4 is 5.32 Å². The molecule has 1 atom stereocenters. The molecule has 3 nitrogen and oxygen atoms in total. The van der Waals surface area contributed by atoms with Gasteiger partial charge in [0.1, 0.15) is 0 Å². The van der Waals surface area contributed by atoms with Gasteiger partial charge in [-0.3, -0.25) is 4.79 Å². The van der Waals surface area contributed by atoms with Gasteiger partial charge in [0.25, 0.3) is 0 Å². The van der Waals surface area contributed by atoms with Crippen LogP contribution in [0.1, 0.15) is 57.1 Å². The summed E-state index contributed by atoms with van der Waals surface area (Å²) in [6.07, 6.45) is 6.59. The number of carbonyl (C=O) groups excluding carboxylic acids is 1. The molecule has 21 heavy (non-hydrogen) atoms. The van der Waals surface area contributed by atoms with Crippen LogP contribution in [0.25, 0.3) is 0 Å². The van der Waals surface area contributed by atoms with Crippen molar-refractivity contribution in [2.75, 3.05) is 14.1 Å². The zero-order chi connectivity index (χ0) is 15.3. The molecule has 1 unspecified atom stereocenters. The Morgan fingerprint density at radius 3 is 2.43 bits per heavy atom. The van der Waals surface area contributed by atoms with E-state index in [2.05, 4.69) is 24.4 Å². The van der Waals surface area contributed by atoms with Crippen LogP contribution in [0.5, 0.6) is 0 Å². The summed E-state index contributed by atoms with van der Waals surface area (Å²) in [6, 6.07) is 10.4. The lowest BCUT2D eigenvalue weighted by molar-refractivity contribution is -0.133. The first-order valence-electron chi connectivity index (χ1n) is 8.07. The van der Waals surface area contributed by atoms with Crippen molar-refractivity contribution >= 4 is 5.91 Å². The summed E-state index contributed by atoms with van der Waals surface area (Å²) in [5.41, 5.74) is 1.20. The first-order chi connectivity index (χ1) is 10.1. The van der Waals surface area contributed by atoms with E-state index in [-0.39, 0.29) is 17.5 Å². The Morgan fingerprint density at radius 1 is 1.24 bits per heavy atom. The molecule has 1 amide bonds. The van der Waals surface area contributed by atoms with Crippen molar-refractivity contribution < 1.29 is 4.79 Å². The summed E-state index contributed by atoms with van der Waals surface area (Å²) in [6.45, 7) is 2.10. The SMILES string of the molecule is CNC1(CC(=O)N(C)C(C)c2ccccc2)CCCCC1. The van der Waals surface area contributed by atoms with Gasteiger partial charge in [0.05, 0.1) is 6.04 Å². The minimum absolute atomic E-state index is 0.0139. The van der Waals surface area contributed by atoms with Crippen molar-refractivity contribution in [3.8, 4) is 0 Å². The molecule has 2 rings (SSSR count). The Morgan fingerprint density at radius 2 is 1.86 bits per heavy atom. The van der Waals surface area contributed by atoms with Crippen molar-refractivity contribution in [2.45, 2.75) is 57.0 Å². The average molecular weight is 288 g/mol. The van der Waals surface area contributed by atoms with Gasteiger partial charge in [-0.1, -0.05) is 49.6 Å². The largest absolute Gasteiger partial charge is 0.339 e. The molecule has 1 saturated carbocycles. The number of amides is 1. The third-order valence-corrected chi connectivity index (χ3v) is 5.09. The Bertz CT molecular complexity index is 452. The maximum atomic E-state index is 12.7. The second kappa shape index (κ2) is 7.08. The van der Waals surface area contributed by atoms with Crippen LogP contribution in [0.15, 0.2) is 30.3 Å². The van der Waals surface area contributed by atoms with Crippen molar-refractivity contribution in [1.29, 1.82) is 0 Å². The van der Waals surface area contributed by atoms with Crippen LogP contribution in [0, 0.1) is 0 Å². The van der Waals surface area contributed by atoms with E-state index in [4.69, 9.17) is 0 Å². The molecule has 0 aromatic heterocycles. The molecule has 1 aromatic rings. The Hall–Kier alpha value is -1.35. The molecule has 1 aliphatic rings. The lowest BCUT2D eigenvalue weighted by Gasteiger charge is -2.38. The van der Waals surface area contributed by atoms with E-state index in [0.717, 1.165) is 12.8 Å². The Labute approximate surface area is 128 Å². The van der Waals surface area contributed by atoms with E-state index in [1.54, 1.807) is 0 Å². The van der Waals surface area contributed by atoms with Gasteiger partial charge in [-0.05, 0) is 32.4 Å². The molecule has 1 fully saturated rings. The highest BCUT2D eigenvalue weighted by molar-refractivity contribution is 5.77. The summed E-state index contributed by atoms with van der Waals surface area (Å²) in [4.78, 5) is 14.6. The molecule has 3 heteroatoms. The minimum Gasteiger partial charge on any atom is -0.339 e. The Kier molecular flexibility index (Phi) is 5.40. The monoisotopic (exact) mass is 288 g/mol. The van der Waals surface area contributed by atoms with Gasteiger partial charge in [-0.2, -0.15) is 0 Å². The summed E-state index contributed by atoms with van der Waals surface area (Å²) < 4.78 is 0. The summed E-state index contributed by atoms with van der Waals surface area (Å²) >= 11 is 0. The van der Waals surface area contributed by atoms with Crippen LogP contribution in [-0.4, -0.2) is 30.4 Å². The Balaban J connectivity index is 2.01. The molecule has 0 aliphatic heterocycles. The van der Waals surface area contributed by atoms with Crippen LogP contribution >= 0.6 is 0 Å². The lowest BCUT2D eigenvalue weighted by atomic mass is 9.79. The van der Waals surface area contributed by atoms with E-state index in [0.29, 0.717) is 6.42 Å². The maximum absolute atomic E-state index is 12.7. The summed E-state index contributed by atoms with van der Waals surface area (Å²) in [5.74, 6) is 0.239. The molecule has 0 spiro atoms. The van der Waals surface area contributed by atoms with Crippen molar-refractivity contribution in [1.82, 2.24) is 10.2 Å². The first-order valence-corrected chi connectivity index (χ1v) is 8.07. The van der Waals surface area contributed by atoms with Gasteiger partial charge in [-0.25, -0.2) is 0 Å². The number of rotatable bonds is 5. The normalized spacial score (nSPS) is 19.0. The molecule has 0 bridgehead atoms. The molecule has 116 valence electrons. The molecule has 1 N–H and O–H groups in total. The topological polar surface area (TPSA) is 32.3 Å². The van der Waals surface area contributed by atoms with Crippen molar-refractivity contribution in [3.05, 3.63) is 35.9 Å². The average Bonchev–Trinajstić information content (AvgIpc) is 2.55. The fourth-order valence-corrected chi connectivity index (χ4v) is 3.33. The summed E-state index contributed by atoms with van der Waals surface area (Å²) in [5, 5.41) is 3.43. The number of nitrogens with one attached hydrogen (secondary N) is 1. The minimum atomic E-state index is 0.0139. The molecule has 1 aromatic carbocycles. The summed E-state index contributed by atoms with van der Waals surface area (Å²) in [7, 11) is 3.92. The number of hydrogen-bond acceptors (Lipinski definition) is 2. The number of nitrogens with zero attached hydrogens (tertiary/aromatic N) is 1. The van der Waals surface area contributed by atoms with E-state index in [9.17, 15) is 4.79 Å². The maximum Gasteiger partial charge on any atom is 0.224 e. The number of carbonyl (C=O) groups is 1. The highest BCUT2D eigenvalue weighted by Crippen LogP contribution is 2.32. The molecular formula is C18H28N2O. The third kappa shape index (κ3) is 3.85. The van der Waals surface area contributed by atoms with Gasteiger partial charge >= 0.3 is 0 Å². The number of hydrogen-bond donors (Lipinski definition) is 1. The van der Waals surface area contributed by atoms with Gasteiger partial charge in [0.15, 0.2) is 0 Å². The van der Waals surface area contributed by atoms with Crippen molar-refractivity contribution in [3.63, 3.8) is 0 Å². The molecule has 0 heterocycles. The highest BCUT2D eigenvalue weighted by Gasteiger charge is 2.34. The second-order valence-electron chi connectivity index (χ2n) is 6.36. The third-order valence-electron chi connectivity index (χ3n) is 5.09. The molecule has 1 aliphatic carbocycles. The molecular weight excluding hydrogens is 260 g/mol.